The lowest BCUT2D eigenvalue weighted by Crippen LogP contribution is -2.48. The second kappa shape index (κ2) is 16.9. The van der Waals surface area contributed by atoms with Crippen LogP contribution in [0.4, 0.5) is 5.69 Å². The van der Waals surface area contributed by atoms with Gasteiger partial charge in [0.1, 0.15) is 5.75 Å². The van der Waals surface area contributed by atoms with Gasteiger partial charge in [0.05, 0.1) is 36.8 Å². The van der Waals surface area contributed by atoms with Gasteiger partial charge in [-0.15, -0.1) is 0 Å². The molecule has 0 unspecified atom stereocenters. The van der Waals surface area contributed by atoms with Gasteiger partial charge >= 0.3 is 0 Å². The number of nitrogens with one attached hydrogen (secondary N) is 1. The zero-order chi connectivity index (χ0) is 33.1. The number of hydrogen-bond acceptors (Lipinski definition) is 6. The van der Waals surface area contributed by atoms with Gasteiger partial charge in [0.25, 0.3) is 11.8 Å². The normalized spacial score (nSPS) is 20.1. The highest BCUT2D eigenvalue weighted by Crippen LogP contribution is 2.29. The summed E-state index contributed by atoms with van der Waals surface area (Å²) in [7, 11) is 1.78. The number of aliphatic hydroxyl groups is 1. The number of aliphatic hydroxyl groups excluding tert-OH is 1. The van der Waals surface area contributed by atoms with Crippen molar-refractivity contribution >= 4 is 23.4 Å². The lowest BCUT2D eigenvalue weighted by Gasteiger charge is -2.36. The van der Waals surface area contributed by atoms with Crippen LogP contribution in [0.5, 0.6) is 5.75 Å². The molecular weight excluding hydrogens is 582 g/mol. The number of benzene rings is 3. The summed E-state index contributed by atoms with van der Waals surface area (Å²) in [5.74, 6) is -0.367. The summed E-state index contributed by atoms with van der Waals surface area (Å²) in [6.07, 6.45) is 2.25. The monoisotopic (exact) mass is 629 g/mol. The van der Waals surface area contributed by atoms with Crippen LogP contribution in [-0.4, -0.2) is 84.2 Å². The summed E-state index contributed by atoms with van der Waals surface area (Å²) in [6, 6.07) is 23.1. The maximum absolute atomic E-state index is 14.3. The third-order valence-electron chi connectivity index (χ3n) is 8.42. The largest absolute Gasteiger partial charge is 0.490 e. The number of rotatable bonds is 8. The van der Waals surface area contributed by atoms with Crippen molar-refractivity contribution in [1.82, 2.24) is 9.80 Å². The molecule has 9 heteroatoms. The number of likely N-dealkylation sites (N-methyl/N-ethyl adjacent to an activating group) is 1. The van der Waals surface area contributed by atoms with Crippen LogP contribution in [0.2, 0.25) is 0 Å². The minimum Gasteiger partial charge on any atom is -0.490 e. The summed E-state index contributed by atoms with van der Waals surface area (Å²) in [5, 5.41) is 13.1. The quantitative estimate of drug-likeness (QED) is 0.344. The van der Waals surface area contributed by atoms with E-state index >= 15 is 0 Å². The van der Waals surface area contributed by atoms with Gasteiger partial charge in [-0.05, 0) is 69.0 Å². The first-order valence-electron chi connectivity index (χ1n) is 16.1. The maximum atomic E-state index is 14.3. The van der Waals surface area contributed by atoms with Crippen LogP contribution in [0, 0.1) is 5.92 Å². The van der Waals surface area contributed by atoms with Crippen LogP contribution < -0.4 is 10.1 Å². The molecule has 0 saturated heterocycles. The van der Waals surface area contributed by atoms with Gasteiger partial charge < -0.3 is 29.7 Å². The number of carbonyl (C=O) groups is 3. The van der Waals surface area contributed by atoms with Gasteiger partial charge in [-0.3, -0.25) is 14.4 Å². The van der Waals surface area contributed by atoms with Crippen molar-refractivity contribution in [3.63, 3.8) is 0 Å². The number of ether oxygens (including phenoxy) is 2. The fraction of sp³-hybridized carbons (Fsp3) is 0.432. The second-order valence-electron chi connectivity index (χ2n) is 12.3. The Bertz CT molecular complexity index is 1430. The number of fused-ring (bicyclic) bond motifs is 1. The van der Waals surface area contributed by atoms with Gasteiger partial charge in [-0.2, -0.15) is 0 Å². The summed E-state index contributed by atoms with van der Waals surface area (Å²) in [5.41, 5.74) is 2.21. The molecule has 0 spiro atoms. The summed E-state index contributed by atoms with van der Waals surface area (Å²) in [6.45, 7) is 6.70. The van der Waals surface area contributed by atoms with E-state index < -0.39 is 6.04 Å². The molecule has 3 aromatic carbocycles. The molecule has 9 nitrogen and oxygen atoms in total. The fourth-order valence-corrected chi connectivity index (χ4v) is 5.53. The van der Waals surface area contributed by atoms with Crippen LogP contribution in [0.25, 0.3) is 0 Å². The Hall–Kier alpha value is -4.21. The van der Waals surface area contributed by atoms with Crippen molar-refractivity contribution in [1.29, 1.82) is 0 Å². The second-order valence-corrected chi connectivity index (χ2v) is 12.3. The van der Waals surface area contributed by atoms with E-state index in [-0.39, 0.29) is 49.0 Å². The van der Waals surface area contributed by atoms with Crippen molar-refractivity contribution in [2.24, 2.45) is 5.92 Å². The Morgan fingerprint density at radius 2 is 1.72 bits per heavy atom. The third kappa shape index (κ3) is 9.64. The van der Waals surface area contributed by atoms with Crippen molar-refractivity contribution in [2.45, 2.75) is 64.7 Å². The van der Waals surface area contributed by atoms with E-state index in [4.69, 9.17) is 9.47 Å². The molecule has 4 atom stereocenters. The van der Waals surface area contributed by atoms with Crippen molar-refractivity contribution < 1.29 is 29.0 Å². The Morgan fingerprint density at radius 3 is 2.41 bits per heavy atom. The SMILES string of the molecule is C[C@@H]1CCCCO[C@H](CN(C)C(=O)Cc2ccccc2)[C@H](C)CN([C@@H](C)CO)C(=O)c2cc(NC(=O)c3ccccc3)ccc2O1. The summed E-state index contributed by atoms with van der Waals surface area (Å²) >= 11 is 0. The number of anilines is 1. The first kappa shape index (κ1) is 34.7. The molecule has 4 rings (SSSR count). The van der Waals surface area contributed by atoms with Crippen LogP contribution in [0.15, 0.2) is 78.9 Å². The molecule has 3 amide bonds. The van der Waals surface area contributed by atoms with Gasteiger partial charge in [0.2, 0.25) is 5.91 Å². The molecule has 1 aliphatic rings. The summed E-state index contributed by atoms with van der Waals surface area (Å²) < 4.78 is 12.7. The van der Waals surface area contributed by atoms with Gasteiger partial charge in [-0.25, -0.2) is 0 Å². The smallest absolute Gasteiger partial charge is 0.258 e. The van der Waals surface area contributed by atoms with Crippen LogP contribution in [-0.2, 0) is 16.0 Å². The molecule has 0 radical (unpaired) electrons. The zero-order valence-electron chi connectivity index (χ0n) is 27.4. The summed E-state index contributed by atoms with van der Waals surface area (Å²) in [4.78, 5) is 43.7. The van der Waals surface area contributed by atoms with E-state index in [0.29, 0.717) is 42.1 Å². The number of hydrogen-bond donors (Lipinski definition) is 2. The van der Waals surface area contributed by atoms with Crippen LogP contribution >= 0.6 is 0 Å². The van der Waals surface area contributed by atoms with E-state index in [9.17, 15) is 19.5 Å². The molecule has 246 valence electrons. The highest BCUT2D eigenvalue weighted by atomic mass is 16.5. The average molecular weight is 630 g/mol. The number of amides is 3. The predicted octanol–water partition coefficient (Wildman–Crippen LogP) is 5.44. The number of nitrogens with zero attached hydrogens (tertiary/aromatic N) is 2. The maximum Gasteiger partial charge on any atom is 0.258 e. The van der Waals surface area contributed by atoms with E-state index in [2.05, 4.69) is 5.32 Å². The topological polar surface area (TPSA) is 108 Å². The lowest BCUT2D eigenvalue weighted by atomic mass is 10.0. The molecule has 0 fully saturated rings. The standard InChI is InChI=1S/C37H47N3O6/c1-26-23-40(27(2)25-41)37(44)32-22-31(38-36(43)30-16-9-6-10-17-30)18-19-33(32)46-28(3)13-11-12-20-45-34(26)24-39(4)35(42)21-29-14-7-5-8-15-29/h5-10,14-19,22,26-28,34,41H,11-13,20-21,23-25H2,1-4H3,(H,38,43)/t26-,27+,28-,34-/m1/s1. The van der Waals surface area contributed by atoms with E-state index in [0.717, 1.165) is 24.8 Å². The number of carbonyl (C=O) groups excluding carboxylic acids is 3. The van der Waals surface area contributed by atoms with E-state index in [1.165, 1.54) is 0 Å². The zero-order valence-corrected chi connectivity index (χ0v) is 27.4. The van der Waals surface area contributed by atoms with Gasteiger partial charge in [0.15, 0.2) is 0 Å². The van der Waals surface area contributed by atoms with Crippen molar-refractivity contribution in [3.05, 3.63) is 95.6 Å². The molecule has 46 heavy (non-hydrogen) atoms. The van der Waals surface area contributed by atoms with Gasteiger partial charge in [-0.1, -0.05) is 55.5 Å². The van der Waals surface area contributed by atoms with Gasteiger partial charge in [0, 0.05) is 43.9 Å². The molecular formula is C37H47N3O6. The molecule has 2 N–H and O–H groups in total. The Kier molecular flexibility index (Phi) is 12.7. The molecule has 1 heterocycles. The Morgan fingerprint density at radius 1 is 1.02 bits per heavy atom. The molecule has 1 aliphatic heterocycles. The third-order valence-corrected chi connectivity index (χ3v) is 8.42. The molecule has 0 aliphatic carbocycles. The Labute approximate surface area is 272 Å². The first-order valence-corrected chi connectivity index (χ1v) is 16.1. The molecule has 0 saturated carbocycles. The highest BCUT2D eigenvalue weighted by molar-refractivity contribution is 6.05. The minimum atomic E-state index is -0.506. The molecule has 0 aromatic heterocycles. The molecule has 3 aromatic rings. The Balaban J connectivity index is 1.60. The van der Waals surface area contributed by atoms with Crippen molar-refractivity contribution in [2.75, 3.05) is 38.7 Å². The molecule has 0 bridgehead atoms. The van der Waals surface area contributed by atoms with Crippen molar-refractivity contribution in [3.8, 4) is 5.75 Å². The predicted molar refractivity (Wildman–Crippen MR) is 179 cm³/mol. The highest BCUT2D eigenvalue weighted by Gasteiger charge is 2.31. The van der Waals surface area contributed by atoms with Crippen LogP contribution in [0.3, 0.4) is 0 Å². The van der Waals surface area contributed by atoms with E-state index in [1.807, 2.05) is 50.2 Å². The van der Waals surface area contributed by atoms with Crippen LogP contribution in [0.1, 0.15) is 66.3 Å². The minimum absolute atomic E-state index is 0.0111. The van der Waals surface area contributed by atoms with E-state index in [1.54, 1.807) is 66.2 Å². The lowest BCUT2D eigenvalue weighted by molar-refractivity contribution is -0.131. The average Bonchev–Trinajstić information content (AvgIpc) is 3.06. The fourth-order valence-electron chi connectivity index (χ4n) is 5.53. The first-order chi connectivity index (χ1) is 22.2.